The van der Waals surface area contributed by atoms with Gasteiger partial charge in [-0.1, -0.05) is 5.16 Å². The van der Waals surface area contributed by atoms with Crippen LogP contribution in [0.25, 0.3) is 11.3 Å². The number of aryl methyl sites for hydroxylation is 1. The Morgan fingerprint density at radius 3 is 2.72 bits per heavy atom. The molecule has 0 atom stereocenters. The van der Waals surface area contributed by atoms with E-state index in [-0.39, 0.29) is 17.1 Å². The Bertz CT molecular complexity index is 667. The van der Waals surface area contributed by atoms with Gasteiger partial charge in [0.1, 0.15) is 17.5 Å². The van der Waals surface area contributed by atoms with E-state index in [9.17, 15) is 9.90 Å². The average molecular weight is 244 g/mol. The van der Waals surface area contributed by atoms with Crippen LogP contribution in [0.1, 0.15) is 21.7 Å². The number of phenolic OH excluding ortho intramolecular Hbond substituents is 1. The SMILES string of the molecule is Cc1cc(-c2cc(C(=O)O)on2)cc(C#N)c1O. The summed E-state index contributed by atoms with van der Waals surface area (Å²) in [6.45, 7) is 1.64. The molecule has 2 aromatic rings. The average Bonchev–Trinajstić information content (AvgIpc) is 2.82. The van der Waals surface area contributed by atoms with Crippen molar-refractivity contribution in [2.45, 2.75) is 6.92 Å². The van der Waals surface area contributed by atoms with Crippen LogP contribution >= 0.6 is 0 Å². The van der Waals surface area contributed by atoms with Crippen molar-refractivity contribution in [3.63, 3.8) is 0 Å². The monoisotopic (exact) mass is 244 g/mol. The second-order valence-electron chi connectivity index (χ2n) is 3.68. The first-order valence-electron chi connectivity index (χ1n) is 4.97. The van der Waals surface area contributed by atoms with Gasteiger partial charge in [0.15, 0.2) is 0 Å². The van der Waals surface area contributed by atoms with E-state index in [1.807, 2.05) is 6.07 Å². The minimum atomic E-state index is -1.22. The molecule has 0 radical (unpaired) electrons. The van der Waals surface area contributed by atoms with E-state index in [0.29, 0.717) is 16.8 Å². The van der Waals surface area contributed by atoms with E-state index in [0.717, 1.165) is 0 Å². The predicted octanol–water partition coefficient (Wildman–Crippen LogP) is 1.93. The minimum absolute atomic E-state index is 0.0943. The van der Waals surface area contributed by atoms with Gasteiger partial charge in [-0.05, 0) is 24.6 Å². The summed E-state index contributed by atoms with van der Waals surface area (Å²) >= 11 is 0. The molecule has 6 heteroatoms. The van der Waals surface area contributed by atoms with E-state index in [1.165, 1.54) is 12.1 Å². The van der Waals surface area contributed by atoms with Crippen LogP contribution in [-0.2, 0) is 0 Å². The van der Waals surface area contributed by atoms with Gasteiger partial charge < -0.3 is 14.7 Å². The van der Waals surface area contributed by atoms with Gasteiger partial charge in [0.25, 0.3) is 0 Å². The van der Waals surface area contributed by atoms with Crippen LogP contribution in [0.3, 0.4) is 0 Å². The fourth-order valence-corrected chi connectivity index (χ4v) is 1.52. The highest BCUT2D eigenvalue weighted by Gasteiger charge is 2.14. The molecule has 2 rings (SSSR count). The van der Waals surface area contributed by atoms with Crippen molar-refractivity contribution in [3.05, 3.63) is 35.1 Å². The molecule has 0 aliphatic heterocycles. The van der Waals surface area contributed by atoms with Crippen molar-refractivity contribution in [3.8, 4) is 23.1 Å². The summed E-state index contributed by atoms with van der Waals surface area (Å²) in [4.78, 5) is 10.7. The van der Waals surface area contributed by atoms with Crippen molar-refractivity contribution in [2.75, 3.05) is 0 Å². The molecule has 1 aromatic carbocycles. The van der Waals surface area contributed by atoms with Gasteiger partial charge in [0.2, 0.25) is 5.76 Å². The van der Waals surface area contributed by atoms with Crippen LogP contribution in [0.5, 0.6) is 5.75 Å². The number of aromatic hydroxyl groups is 1. The first-order chi connectivity index (χ1) is 8.52. The maximum Gasteiger partial charge on any atom is 0.374 e. The van der Waals surface area contributed by atoms with E-state index < -0.39 is 5.97 Å². The van der Waals surface area contributed by atoms with E-state index >= 15 is 0 Å². The van der Waals surface area contributed by atoms with Gasteiger partial charge >= 0.3 is 5.97 Å². The molecule has 0 saturated carbocycles. The standard InChI is InChI=1S/C12H8N2O4/c1-6-2-7(3-8(5-13)11(6)15)9-4-10(12(16)17)18-14-9/h2-4,15H,1H3,(H,16,17). The topological polar surface area (TPSA) is 107 Å². The number of carboxylic acids is 1. The van der Waals surface area contributed by atoms with E-state index in [1.54, 1.807) is 13.0 Å². The summed E-state index contributed by atoms with van der Waals surface area (Å²) in [5.41, 5.74) is 1.42. The third-order valence-electron chi connectivity index (χ3n) is 2.44. The summed E-state index contributed by atoms with van der Waals surface area (Å²) in [5.74, 6) is -1.60. The summed E-state index contributed by atoms with van der Waals surface area (Å²) in [7, 11) is 0. The lowest BCUT2D eigenvalue weighted by Crippen LogP contribution is -1.91. The van der Waals surface area contributed by atoms with Crippen LogP contribution in [0, 0.1) is 18.3 Å². The number of hydrogen-bond donors (Lipinski definition) is 2. The maximum atomic E-state index is 10.7. The zero-order valence-electron chi connectivity index (χ0n) is 9.34. The van der Waals surface area contributed by atoms with Gasteiger partial charge in [0, 0.05) is 11.6 Å². The van der Waals surface area contributed by atoms with E-state index in [2.05, 4.69) is 9.68 Å². The summed E-state index contributed by atoms with van der Waals surface area (Å²) in [5, 5.41) is 30.8. The molecule has 1 heterocycles. The first kappa shape index (κ1) is 11.7. The summed E-state index contributed by atoms with van der Waals surface area (Å²) in [6.07, 6.45) is 0. The molecular weight excluding hydrogens is 236 g/mol. The molecule has 0 saturated heterocycles. The molecule has 0 unspecified atom stereocenters. The van der Waals surface area contributed by atoms with Gasteiger partial charge in [0.05, 0.1) is 5.56 Å². The Kier molecular flexibility index (Phi) is 2.73. The van der Waals surface area contributed by atoms with Gasteiger partial charge in [-0.2, -0.15) is 5.26 Å². The molecule has 1 aromatic heterocycles. The number of aromatic carboxylic acids is 1. The molecule has 18 heavy (non-hydrogen) atoms. The Hall–Kier alpha value is -2.81. The summed E-state index contributed by atoms with van der Waals surface area (Å²) in [6, 6.07) is 6.13. The largest absolute Gasteiger partial charge is 0.506 e. The quantitative estimate of drug-likeness (QED) is 0.835. The second kappa shape index (κ2) is 4.22. The highest BCUT2D eigenvalue weighted by Crippen LogP contribution is 2.28. The molecule has 0 fully saturated rings. The minimum Gasteiger partial charge on any atom is -0.506 e. The highest BCUT2D eigenvalue weighted by atomic mass is 16.5. The van der Waals surface area contributed by atoms with Crippen molar-refractivity contribution < 1.29 is 19.5 Å². The van der Waals surface area contributed by atoms with Crippen molar-refractivity contribution in [1.29, 1.82) is 5.26 Å². The highest BCUT2D eigenvalue weighted by molar-refractivity contribution is 5.85. The van der Waals surface area contributed by atoms with Gasteiger partial charge in [-0.15, -0.1) is 0 Å². The number of carbonyl (C=O) groups is 1. The number of aromatic nitrogens is 1. The van der Waals surface area contributed by atoms with Crippen molar-refractivity contribution in [1.82, 2.24) is 5.16 Å². The second-order valence-corrected chi connectivity index (χ2v) is 3.68. The van der Waals surface area contributed by atoms with Gasteiger partial charge in [-0.25, -0.2) is 4.79 Å². The Morgan fingerprint density at radius 2 is 2.17 bits per heavy atom. The molecule has 0 bridgehead atoms. The molecular formula is C12H8N2O4. The molecule has 2 N–H and O–H groups in total. The lowest BCUT2D eigenvalue weighted by atomic mass is 10.0. The predicted molar refractivity (Wildman–Crippen MR) is 60.0 cm³/mol. The first-order valence-corrected chi connectivity index (χ1v) is 4.97. The maximum absolute atomic E-state index is 10.7. The number of phenols is 1. The zero-order chi connectivity index (χ0) is 13.3. The molecule has 0 aliphatic carbocycles. The molecule has 0 aliphatic rings. The van der Waals surface area contributed by atoms with Crippen molar-refractivity contribution in [2.24, 2.45) is 0 Å². The van der Waals surface area contributed by atoms with Crippen LogP contribution in [0.2, 0.25) is 0 Å². The smallest absolute Gasteiger partial charge is 0.374 e. The lowest BCUT2D eigenvalue weighted by molar-refractivity contribution is 0.0652. The van der Waals surface area contributed by atoms with Gasteiger partial charge in [-0.3, -0.25) is 0 Å². The van der Waals surface area contributed by atoms with Crippen LogP contribution in [0.4, 0.5) is 0 Å². The number of nitrogens with zero attached hydrogens (tertiary/aromatic N) is 2. The fourth-order valence-electron chi connectivity index (χ4n) is 1.52. The number of hydrogen-bond acceptors (Lipinski definition) is 5. The third kappa shape index (κ3) is 1.89. The zero-order valence-corrected chi connectivity index (χ0v) is 9.34. The third-order valence-corrected chi connectivity index (χ3v) is 2.44. The molecule has 90 valence electrons. The number of benzene rings is 1. The van der Waals surface area contributed by atoms with Crippen molar-refractivity contribution >= 4 is 5.97 Å². The number of carboxylic acid groups (broad SMARTS) is 1. The fraction of sp³-hybridized carbons (Fsp3) is 0.0833. The van der Waals surface area contributed by atoms with Crippen LogP contribution in [0.15, 0.2) is 22.7 Å². The van der Waals surface area contributed by atoms with Crippen LogP contribution in [-0.4, -0.2) is 21.3 Å². The summed E-state index contributed by atoms with van der Waals surface area (Å²) < 4.78 is 4.63. The lowest BCUT2D eigenvalue weighted by Gasteiger charge is -2.03. The molecule has 6 nitrogen and oxygen atoms in total. The normalized spacial score (nSPS) is 10.0. The van der Waals surface area contributed by atoms with Crippen LogP contribution < -0.4 is 0 Å². The molecule has 0 spiro atoms. The molecule has 0 amide bonds. The number of nitriles is 1. The number of rotatable bonds is 2. The Morgan fingerprint density at radius 1 is 1.44 bits per heavy atom. The van der Waals surface area contributed by atoms with E-state index in [4.69, 9.17) is 10.4 Å². The Balaban J connectivity index is 2.54. The Labute approximate surface area is 102 Å².